The zero-order chi connectivity index (χ0) is 15.6. The van der Waals surface area contributed by atoms with E-state index in [9.17, 15) is 8.42 Å². The minimum atomic E-state index is -3.67. The maximum atomic E-state index is 12.4. The topological polar surface area (TPSA) is 81.4 Å². The molecule has 0 saturated carbocycles. The molecule has 5 nitrogen and oxygen atoms in total. The Bertz CT molecular complexity index is 750. The molecule has 2 rings (SSSR count). The van der Waals surface area contributed by atoms with Gasteiger partial charge in [-0.25, -0.2) is 8.42 Å². The number of sulfonamides is 1. The third-order valence-corrected chi connectivity index (χ3v) is 4.39. The predicted octanol–water partition coefficient (Wildman–Crippen LogP) is 2.70. The first-order valence-corrected chi connectivity index (χ1v) is 7.85. The molecule has 0 aliphatic heterocycles. The molecule has 2 aromatic carbocycles. The summed E-state index contributed by atoms with van der Waals surface area (Å²) in [4.78, 5) is 0.147. The maximum Gasteiger partial charge on any atom is 0.261 e. The van der Waals surface area contributed by atoms with Crippen LogP contribution in [0.15, 0.2) is 41.3 Å². The van der Waals surface area contributed by atoms with Gasteiger partial charge in [0.1, 0.15) is 5.75 Å². The highest BCUT2D eigenvalue weighted by Gasteiger charge is 2.15. The second kappa shape index (κ2) is 5.65. The van der Waals surface area contributed by atoms with Crippen LogP contribution in [0.4, 0.5) is 11.4 Å². The lowest BCUT2D eigenvalue weighted by Gasteiger charge is -2.11. The Morgan fingerprint density at radius 3 is 2.38 bits per heavy atom. The number of nitrogens with one attached hydrogen (secondary N) is 1. The van der Waals surface area contributed by atoms with Crippen molar-refractivity contribution < 1.29 is 13.2 Å². The fraction of sp³-hybridized carbons (Fsp3) is 0.200. The summed E-state index contributed by atoms with van der Waals surface area (Å²) >= 11 is 0. The summed E-state index contributed by atoms with van der Waals surface area (Å²) in [6.45, 7) is 3.65. The number of hydrogen-bond acceptors (Lipinski definition) is 4. The fourth-order valence-electron chi connectivity index (χ4n) is 2.09. The molecule has 0 saturated heterocycles. The molecule has 0 spiro atoms. The quantitative estimate of drug-likeness (QED) is 0.851. The van der Waals surface area contributed by atoms with Crippen molar-refractivity contribution in [2.75, 3.05) is 17.6 Å². The lowest BCUT2D eigenvalue weighted by Crippen LogP contribution is -2.13. The number of methoxy groups -OCH3 is 1. The summed E-state index contributed by atoms with van der Waals surface area (Å²) in [6.07, 6.45) is 0. The summed E-state index contributed by atoms with van der Waals surface area (Å²) < 4.78 is 32.4. The molecule has 0 bridgehead atoms. The van der Waals surface area contributed by atoms with Crippen LogP contribution in [-0.2, 0) is 10.0 Å². The van der Waals surface area contributed by atoms with Gasteiger partial charge in [0.25, 0.3) is 10.0 Å². The molecule has 0 atom stereocenters. The van der Waals surface area contributed by atoms with Crippen LogP contribution >= 0.6 is 0 Å². The van der Waals surface area contributed by atoms with Crippen LogP contribution in [0.25, 0.3) is 0 Å². The Balaban J connectivity index is 2.35. The molecule has 0 amide bonds. The average Bonchev–Trinajstić information content (AvgIpc) is 2.37. The van der Waals surface area contributed by atoms with Gasteiger partial charge in [-0.15, -0.1) is 0 Å². The molecule has 6 heteroatoms. The number of benzene rings is 2. The van der Waals surface area contributed by atoms with Crippen molar-refractivity contribution in [2.24, 2.45) is 0 Å². The Morgan fingerprint density at radius 1 is 1.10 bits per heavy atom. The zero-order valence-corrected chi connectivity index (χ0v) is 13.0. The van der Waals surface area contributed by atoms with Crippen molar-refractivity contribution >= 4 is 21.4 Å². The lowest BCUT2D eigenvalue weighted by molar-refractivity contribution is 0.412. The standard InChI is InChI=1S/C15H18N2O3S/c1-10-6-12(16)9-14(7-10)21(18,19)17-13-4-5-15(20-3)11(2)8-13/h4-9,17H,16H2,1-3H3. The van der Waals surface area contributed by atoms with Crippen LogP contribution in [0, 0.1) is 13.8 Å². The molecular weight excluding hydrogens is 288 g/mol. The molecule has 3 N–H and O–H groups in total. The number of ether oxygens (including phenoxy) is 1. The van der Waals surface area contributed by atoms with Crippen molar-refractivity contribution in [3.63, 3.8) is 0 Å². The zero-order valence-electron chi connectivity index (χ0n) is 12.2. The van der Waals surface area contributed by atoms with Crippen molar-refractivity contribution in [2.45, 2.75) is 18.7 Å². The highest BCUT2D eigenvalue weighted by Crippen LogP contribution is 2.24. The predicted molar refractivity (Wildman–Crippen MR) is 84.1 cm³/mol. The van der Waals surface area contributed by atoms with E-state index in [1.807, 2.05) is 6.92 Å². The van der Waals surface area contributed by atoms with Crippen LogP contribution in [0.3, 0.4) is 0 Å². The summed E-state index contributed by atoms with van der Waals surface area (Å²) in [6, 6.07) is 9.83. The van der Waals surface area contributed by atoms with E-state index in [1.54, 1.807) is 44.4 Å². The third-order valence-electron chi connectivity index (χ3n) is 3.03. The highest BCUT2D eigenvalue weighted by molar-refractivity contribution is 7.92. The van der Waals surface area contributed by atoms with Gasteiger partial charge in [-0.2, -0.15) is 0 Å². The molecule has 0 aromatic heterocycles. The van der Waals surface area contributed by atoms with Gasteiger partial charge >= 0.3 is 0 Å². The maximum absolute atomic E-state index is 12.4. The largest absolute Gasteiger partial charge is 0.496 e. The number of aryl methyl sites for hydroxylation is 2. The van der Waals surface area contributed by atoms with Crippen LogP contribution in [-0.4, -0.2) is 15.5 Å². The minimum Gasteiger partial charge on any atom is -0.496 e. The second-order valence-electron chi connectivity index (χ2n) is 4.87. The van der Waals surface area contributed by atoms with Crippen molar-refractivity contribution in [3.05, 3.63) is 47.5 Å². The Morgan fingerprint density at radius 2 is 1.81 bits per heavy atom. The van der Waals surface area contributed by atoms with E-state index in [-0.39, 0.29) is 4.90 Å². The van der Waals surface area contributed by atoms with Gasteiger partial charge in [0, 0.05) is 11.4 Å². The van der Waals surface area contributed by atoms with Gasteiger partial charge in [-0.3, -0.25) is 4.72 Å². The molecule has 0 aliphatic rings. The molecular formula is C15H18N2O3S. The first-order valence-electron chi connectivity index (χ1n) is 6.36. The second-order valence-corrected chi connectivity index (χ2v) is 6.55. The Kier molecular flexibility index (Phi) is 4.09. The molecule has 21 heavy (non-hydrogen) atoms. The van der Waals surface area contributed by atoms with Gasteiger partial charge in [0.2, 0.25) is 0 Å². The smallest absolute Gasteiger partial charge is 0.261 e. The first-order chi connectivity index (χ1) is 9.81. The number of hydrogen-bond donors (Lipinski definition) is 2. The Hall–Kier alpha value is -2.21. The summed E-state index contributed by atoms with van der Waals surface area (Å²) in [5, 5.41) is 0. The average molecular weight is 306 g/mol. The summed E-state index contributed by atoms with van der Waals surface area (Å²) in [5.41, 5.74) is 8.24. The molecule has 112 valence electrons. The molecule has 0 unspecified atom stereocenters. The van der Waals surface area contributed by atoms with Gasteiger partial charge in [0.15, 0.2) is 0 Å². The van der Waals surface area contributed by atoms with Crippen LogP contribution < -0.4 is 15.2 Å². The minimum absolute atomic E-state index is 0.147. The Labute approximate surface area is 124 Å². The van der Waals surface area contributed by atoms with Gasteiger partial charge in [0.05, 0.1) is 12.0 Å². The normalized spacial score (nSPS) is 11.2. The lowest BCUT2D eigenvalue weighted by atomic mass is 10.2. The highest BCUT2D eigenvalue weighted by atomic mass is 32.2. The number of nitrogen functional groups attached to an aromatic ring is 1. The van der Waals surface area contributed by atoms with E-state index < -0.39 is 10.0 Å². The number of rotatable bonds is 4. The first kappa shape index (κ1) is 15.2. The molecule has 0 radical (unpaired) electrons. The fourth-order valence-corrected chi connectivity index (χ4v) is 3.28. The van der Waals surface area contributed by atoms with Gasteiger partial charge < -0.3 is 10.5 Å². The van der Waals surface area contributed by atoms with E-state index in [4.69, 9.17) is 10.5 Å². The molecule has 0 heterocycles. The summed E-state index contributed by atoms with van der Waals surface area (Å²) in [5.74, 6) is 0.706. The number of anilines is 2. The van der Waals surface area contributed by atoms with Crippen molar-refractivity contribution in [1.29, 1.82) is 0 Å². The molecule has 0 fully saturated rings. The van der Waals surface area contributed by atoms with Crippen LogP contribution in [0.5, 0.6) is 5.75 Å². The van der Waals surface area contributed by atoms with E-state index in [1.165, 1.54) is 6.07 Å². The molecule has 2 aromatic rings. The van der Waals surface area contributed by atoms with E-state index in [0.717, 1.165) is 11.1 Å². The van der Waals surface area contributed by atoms with E-state index in [2.05, 4.69) is 4.72 Å². The third kappa shape index (κ3) is 3.46. The summed E-state index contributed by atoms with van der Waals surface area (Å²) in [7, 11) is -2.09. The van der Waals surface area contributed by atoms with Crippen molar-refractivity contribution in [1.82, 2.24) is 0 Å². The van der Waals surface area contributed by atoms with Crippen molar-refractivity contribution in [3.8, 4) is 5.75 Å². The van der Waals surface area contributed by atoms with Gasteiger partial charge in [-0.05, 0) is 61.4 Å². The number of nitrogens with two attached hydrogens (primary N) is 1. The van der Waals surface area contributed by atoms with Crippen LogP contribution in [0.1, 0.15) is 11.1 Å². The monoisotopic (exact) mass is 306 g/mol. The molecule has 0 aliphatic carbocycles. The van der Waals surface area contributed by atoms with E-state index in [0.29, 0.717) is 17.1 Å². The van der Waals surface area contributed by atoms with Gasteiger partial charge in [-0.1, -0.05) is 0 Å². The van der Waals surface area contributed by atoms with Crippen LogP contribution in [0.2, 0.25) is 0 Å². The SMILES string of the molecule is COc1ccc(NS(=O)(=O)c2cc(C)cc(N)c2)cc1C. The van der Waals surface area contributed by atoms with E-state index >= 15 is 0 Å².